The summed E-state index contributed by atoms with van der Waals surface area (Å²) in [5.41, 5.74) is 2.76. The third-order valence-corrected chi connectivity index (χ3v) is 8.39. The van der Waals surface area contributed by atoms with Crippen molar-refractivity contribution < 1.29 is 38.1 Å². The van der Waals surface area contributed by atoms with Crippen molar-refractivity contribution in [1.82, 2.24) is 10.6 Å². The van der Waals surface area contributed by atoms with Crippen LogP contribution in [-0.4, -0.2) is 61.8 Å². The summed E-state index contributed by atoms with van der Waals surface area (Å²) in [6, 6.07) is 14.5. The third-order valence-electron chi connectivity index (χ3n) is 8.39. The van der Waals surface area contributed by atoms with E-state index in [2.05, 4.69) is 10.6 Å². The molecule has 10 heteroatoms. The van der Waals surface area contributed by atoms with Gasteiger partial charge in [-0.1, -0.05) is 76.2 Å². The van der Waals surface area contributed by atoms with Crippen molar-refractivity contribution in [3.05, 3.63) is 77.4 Å². The first kappa shape index (κ1) is 34.7. The molecule has 2 aromatic carbocycles. The van der Waals surface area contributed by atoms with Gasteiger partial charge >= 0.3 is 11.9 Å². The summed E-state index contributed by atoms with van der Waals surface area (Å²) in [6.07, 6.45) is 1.61. The summed E-state index contributed by atoms with van der Waals surface area (Å²) < 4.78 is 23.1. The summed E-state index contributed by atoms with van der Waals surface area (Å²) in [5, 5.41) is 5.56. The number of hydrogen-bond donors (Lipinski definition) is 2. The topological polar surface area (TPSA) is 133 Å². The predicted octanol–water partition coefficient (Wildman–Crippen LogP) is 4.39. The maximum absolute atomic E-state index is 13.5. The summed E-state index contributed by atoms with van der Waals surface area (Å²) in [6.45, 7) is 9.29. The monoisotopic (exact) mass is 634 g/mol. The van der Waals surface area contributed by atoms with Gasteiger partial charge in [-0.05, 0) is 48.1 Å². The second-order valence-corrected chi connectivity index (χ2v) is 12.7. The molecule has 2 aliphatic rings. The highest BCUT2D eigenvalue weighted by atomic mass is 16.6. The Morgan fingerprint density at radius 2 is 1.72 bits per heavy atom. The van der Waals surface area contributed by atoms with E-state index >= 15 is 0 Å². The lowest BCUT2D eigenvalue weighted by Crippen LogP contribution is -2.49. The number of hydrogen-bond acceptors (Lipinski definition) is 8. The van der Waals surface area contributed by atoms with Gasteiger partial charge in [0, 0.05) is 25.3 Å². The molecule has 4 rings (SSSR count). The van der Waals surface area contributed by atoms with Crippen molar-refractivity contribution in [2.75, 3.05) is 13.7 Å². The molecule has 248 valence electrons. The number of epoxide rings is 1. The number of esters is 2. The molecular weight excluding hydrogens is 588 g/mol. The maximum Gasteiger partial charge on any atom is 0.347 e. The molecule has 46 heavy (non-hydrogen) atoms. The van der Waals surface area contributed by atoms with E-state index in [1.165, 1.54) is 6.08 Å². The third kappa shape index (κ3) is 9.42. The predicted molar refractivity (Wildman–Crippen MR) is 172 cm³/mol. The molecule has 0 radical (unpaired) electrons. The van der Waals surface area contributed by atoms with E-state index in [1.807, 2.05) is 76.2 Å². The molecule has 2 heterocycles. The largest absolute Gasteiger partial charge is 0.496 e. The SMILES string of the molecule is COc1ccc(C[C@H]2NC(=O)/C=C/C[C@@H]([C@H](C)[C@H]3O[C@@H]3c3ccccc3)OC(=O)[C@H](CC(C)C)OC(=O)[C@H](C)CNC2=O)cc1C. The van der Waals surface area contributed by atoms with Gasteiger partial charge in [-0.3, -0.25) is 14.4 Å². The number of nitrogens with one attached hydrogen (secondary N) is 2. The van der Waals surface area contributed by atoms with Crippen LogP contribution in [0.3, 0.4) is 0 Å². The van der Waals surface area contributed by atoms with Crippen molar-refractivity contribution in [1.29, 1.82) is 0 Å². The van der Waals surface area contributed by atoms with E-state index in [0.29, 0.717) is 0 Å². The summed E-state index contributed by atoms with van der Waals surface area (Å²) in [4.78, 5) is 53.0. The highest BCUT2D eigenvalue weighted by Gasteiger charge is 2.47. The van der Waals surface area contributed by atoms with Crippen LogP contribution in [0.5, 0.6) is 5.75 Å². The van der Waals surface area contributed by atoms with Crippen molar-refractivity contribution in [3.8, 4) is 5.75 Å². The Morgan fingerprint density at radius 3 is 2.39 bits per heavy atom. The van der Waals surface area contributed by atoms with Crippen molar-refractivity contribution >= 4 is 23.8 Å². The molecule has 2 aromatic rings. The fraction of sp³-hybridized carbons (Fsp3) is 0.500. The first-order valence-electron chi connectivity index (χ1n) is 16.0. The van der Waals surface area contributed by atoms with Gasteiger partial charge in [-0.2, -0.15) is 0 Å². The molecule has 0 aromatic heterocycles. The molecule has 7 atom stereocenters. The fourth-order valence-electron chi connectivity index (χ4n) is 5.62. The highest BCUT2D eigenvalue weighted by molar-refractivity contribution is 5.93. The van der Waals surface area contributed by atoms with Crippen LogP contribution < -0.4 is 15.4 Å². The van der Waals surface area contributed by atoms with E-state index in [-0.39, 0.29) is 49.9 Å². The summed E-state index contributed by atoms with van der Waals surface area (Å²) in [5.74, 6) is -2.40. The van der Waals surface area contributed by atoms with Gasteiger partial charge in [0.15, 0.2) is 6.10 Å². The molecule has 0 unspecified atom stereocenters. The van der Waals surface area contributed by atoms with Gasteiger partial charge < -0.3 is 29.6 Å². The molecule has 0 aliphatic carbocycles. The Kier molecular flexibility index (Phi) is 12.0. The maximum atomic E-state index is 13.5. The Balaban J connectivity index is 1.58. The van der Waals surface area contributed by atoms with E-state index in [1.54, 1.807) is 20.1 Å². The quantitative estimate of drug-likeness (QED) is 0.323. The number of carbonyl (C=O) groups is 4. The van der Waals surface area contributed by atoms with E-state index in [9.17, 15) is 19.2 Å². The zero-order valence-electron chi connectivity index (χ0n) is 27.5. The van der Waals surface area contributed by atoms with E-state index < -0.39 is 47.9 Å². The van der Waals surface area contributed by atoms with Gasteiger partial charge in [-0.25, -0.2) is 4.79 Å². The van der Waals surface area contributed by atoms with Crippen molar-refractivity contribution in [2.45, 2.75) is 84.3 Å². The smallest absolute Gasteiger partial charge is 0.347 e. The van der Waals surface area contributed by atoms with Gasteiger partial charge in [0.2, 0.25) is 11.8 Å². The molecule has 0 spiro atoms. The summed E-state index contributed by atoms with van der Waals surface area (Å²) >= 11 is 0. The minimum Gasteiger partial charge on any atom is -0.496 e. The second-order valence-electron chi connectivity index (χ2n) is 12.7. The van der Waals surface area contributed by atoms with Crippen LogP contribution in [0, 0.1) is 24.7 Å². The standard InChI is InChI=1S/C36H46N2O8/c1-21(2)17-30-36(42)44-29(24(5)32-33(46-32)26-11-8-7-9-12-26)13-10-14-31(39)38-27(34(40)37-20-23(4)35(41)45-30)19-25-15-16-28(43-6)22(3)18-25/h7-12,14-16,18,21,23-24,27,29-30,32-33H,13,17,19-20H2,1-6H3,(H,37,40)(H,38,39)/b14-10+/t23-,24+,27-,29+,30+,32-,33-/m1/s1. The van der Waals surface area contributed by atoms with Crippen LogP contribution in [-0.2, 0) is 39.8 Å². The molecule has 2 amide bonds. The summed E-state index contributed by atoms with van der Waals surface area (Å²) in [7, 11) is 1.59. The lowest BCUT2D eigenvalue weighted by Gasteiger charge is -2.27. The molecular formula is C36H46N2O8. The van der Waals surface area contributed by atoms with Gasteiger partial charge in [0.1, 0.15) is 24.0 Å². The Bertz CT molecular complexity index is 1410. The average molecular weight is 635 g/mol. The molecule has 0 saturated carbocycles. The molecule has 1 fully saturated rings. The van der Waals surface area contributed by atoms with Crippen molar-refractivity contribution in [2.24, 2.45) is 17.8 Å². The normalized spacial score (nSPS) is 27.5. The molecule has 0 bridgehead atoms. The zero-order chi connectivity index (χ0) is 33.4. The van der Waals surface area contributed by atoms with Crippen molar-refractivity contribution in [3.63, 3.8) is 0 Å². The Morgan fingerprint density at radius 1 is 0.978 bits per heavy atom. The lowest BCUT2D eigenvalue weighted by molar-refractivity contribution is -0.176. The fourth-order valence-corrected chi connectivity index (χ4v) is 5.62. The molecule has 1 saturated heterocycles. The lowest BCUT2D eigenvalue weighted by atomic mass is 9.93. The minimum atomic E-state index is -1.11. The van der Waals surface area contributed by atoms with Crippen LogP contribution >= 0.6 is 0 Å². The van der Waals surface area contributed by atoms with Crippen LogP contribution in [0.15, 0.2) is 60.7 Å². The Hall–Kier alpha value is -4.18. The molecule has 2 N–H and O–H groups in total. The van der Waals surface area contributed by atoms with Crippen LogP contribution in [0.1, 0.15) is 63.3 Å². The molecule has 10 nitrogen and oxygen atoms in total. The second kappa shape index (κ2) is 15.9. The van der Waals surface area contributed by atoms with E-state index in [0.717, 1.165) is 22.4 Å². The van der Waals surface area contributed by atoms with Crippen LogP contribution in [0.2, 0.25) is 0 Å². The van der Waals surface area contributed by atoms with Gasteiger partial charge in [0.25, 0.3) is 0 Å². The number of ether oxygens (including phenoxy) is 4. The first-order chi connectivity index (χ1) is 22.0. The van der Waals surface area contributed by atoms with Gasteiger partial charge in [-0.15, -0.1) is 0 Å². The Labute approximate surface area is 271 Å². The number of methoxy groups -OCH3 is 1. The van der Waals surface area contributed by atoms with Crippen LogP contribution in [0.25, 0.3) is 0 Å². The van der Waals surface area contributed by atoms with E-state index in [4.69, 9.17) is 18.9 Å². The number of rotatable bonds is 8. The highest BCUT2D eigenvalue weighted by Crippen LogP contribution is 2.45. The van der Waals surface area contributed by atoms with Crippen LogP contribution in [0.4, 0.5) is 0 Å². The van der Waals surface area contributed by atoms with Gasteiger partial charge in [0.05, 0.1) is 19.1 Å². The first-order valence-corrected chi connectivity index (χ1v) is 16.0. The minimum absolute atomic E-state index is 0.0372. The number of carbonyl (C=O) groups excluding carboxylic acids is 4. The molecule has 2 aliphatic heterocycles. The number of amides is 2. The number of aryl methyl sites for hydroxylation is 1. The number of cyclic esters (lactones) is 2. The number of benzene rings is 2. The zero-order valence-corrected chi connectivity index (χ0v) is 27.5. The average Bonchev–Trinajstić information content (AvgIpc) is 3.83.